The second kappa shape index (κ2) is 4.29. The van der Waals surface area contributed by atoms with Gasteiger partial charge in [-0.25, -0.2) is 8.78 Å². The Morgan fingerprint density at radius 3 is 2.05 bits per heavy atom. The van der Waals surface area contributed by atoms with Crippen molar-refractivity contribution in [1.82, 2.24) is 0 Å². The van der Waals surface area contributed by atoms with Crippen LogP contribution >= 0.6 is 0 Å². The fraction of sp³-hybridized carbons (Fsp3) is 0.625. The molecule has 1 unspecified atom stereocenters. The van der Waals surface area contributed by atoms with E-state index >= 15 is 0 Å². The molecule has 0 aromatic heterocycles. The largest absolute Gasteiger partial charge is 0.494 e. The summed E-state index contributed by atoms with van der Waals surface area (Å²) in [4.78, 5) is 0. The van der Waals surface area contributed by atoms with Gasteiger partial charge in [-0.2, -0.15) is 0 Å². The van der Waals surface area contributed by atoms with Gasteiger partial charge in [-0.1, -0.05) is 23.8 Å². The van der Waals surface area contributed by atoms with Crippen molar-refractivity contribution >= 4 is 12.6 Å². The van der Waals surface area contributed by atoms with E-state index in [0.29, 0.717) is 5.56 Å². The molecule has 0 spiro atoms. The summed E-state index contributed by atoms with van der Waals surface area (Å²) >= 11 is 0. The Kier molecular flexibility index (Phi) is 3.06. The highest BCUT2D eigenvalue weighted by Crippen LogP contribution is 2.55. The van der Waals surface area contributed by atoms with Crippen LogP contribution in [0.25, 0.3) is 0 Å². The van der Waals surface area contributed by atoms with Gasteiger partial charge in [0.2, 0.25) is 0 Å². The van der Waals surface area contributed by atoms with Crippen molar-refractivity contribution in [3.05, 3.63) is 29.3 Å². The molecule has 1 heterocycles. The molecule has 1 aromatic carbocycles. The van der Waals surface area contributed by atoms with E-state index in [1.807, 2.05) is 46.8 Å². The molecule has 1 aliphatic heterocycles. The molecule has 0 amide bonds. The van der Waals surface area contributed by atoms with Gasteiger partial charge in [0.15, 0.2) is 0 Å². The van der Waals surface area contributed by atoms with Gasteiger partial charge in [0.05, 0.1) is 17.1 Å². The summed E-state index contributed by atoms with van der Waals surface area (Å²) in [7, 11) is -0.499. The monoisotopic (exact) mass is 294 g/mol. The molecule has 0 N–H and O–H groups in total. The van der Waals surface area contributed by atoms with Crippen LogP contribution < -0.4 is 5.46 Å². The van der Waals surface area contributed by atoms with Crippen LogP contribution in [0, 0.1) is 6.92 Å². The van der Waals surface area contributed by atoms with Crippen molar-refractivity contribution in [3.8, 4) is 0 Å². The number of hydrogen-bond acceptors (Lipinski definition) is 2. The summed E-state index contributed by atoms with van der Waals surface area (Å²) in [6.45, 7) is 9.85. The summed E-state index contributed by atoms with van der Waals surface area (Å²) in [6, 6.07) is 5.59. The second-order valence-corrected chi connectivity index (χ2v) is 7.28. The minimum absolute atomic E-state index is 0.0563. The van der Waals surface area contributed by atoms with Crippen LogP contribution in [0.15, 0.2) is 18.2 Å². The maximum Gasteiger partial charge on any atom is 0.494 e. The smallest absolute Gasteiger partial charge is 0.399 e. The molecule has 1 aliphatic carbocycles. The van der Waals surface area contributed by atoms with Crippen molar-refractivity contribution in [2.75, 3.05) is 0 Å². The van der Waals surface area contributed by atoms with Gasteiger partial charge in [-0.15, -0.1) is 0 Å². The third kappa shape index (κ3) is 2.51. The van der Waals surface area contributed by atoms with Crippen molar-refractivity contribution < 1.29 is 18.1 Å². The molecule has 3 rings (SSSR count). The summed E-state index contributed by atoms with van der Waals surface area (Å²) in [6.07, 6.45) is -0.0563. The number of benzene rings is 1. The Bertz CT molecular complexity index is 568. The van der Waals surface area contributed by atoms with Crippen molar-refractivity contribution in [2.45, 2.75) is 64.1 Å². The molecule has 1 atom stereocenters. The van der Waals surface area contributed by atoms with Crippen LogP contribution in [0.3, 0.4) is 0 Å². The van der Waals surface area contributed by atoms with E-state index in [2.05, 4.69) is 0 Å². The third-order valence-corrected chi connectivity index (χ3v) is 4.88. The molecular formula is C16H21BF2O2. The van der Waals surface area contributed by atoms with E-state index in [1.54, 1.807) is 6.07 Å². The van der Waals surface area contributed by atoms with E-state index < -0.39 is 30.2 Å². The van der Waals surface area contributed by atoms with Gasteiger partial charge in [0.1, 0.15) is 0 Å². The average Bonchev–Trinajstić information content (AvgIpc) is 2.89. The van der Waals surface area contributed by atoms with Gasteiger partial charge in [-0.3, -0.25) is 0 Å². The zero-order valence-electron chi connectivity index (χ0n) is 13.2. The number of aryl methyl sites for hydroxylation is 1. The van der Waals surface area contributed by atoms with Crippen LogP contribution in [0.4, 0.5) is 8.78 Å². The first-order chi connectivity index (χ1) is 9.52. The van der Waals surface area contributed by atoms with Gasteiger partial charge in [0.25, 0.3) is 5.92 Å². The maximum atomic E-state index is 13.3. The SMILES string of the molecule is Cc1cc(B2OC(C)(C)C(C)(C)O2)cc(C2CC2(F)F)c1. The first-order valence-electron chi connectivity index (χ1n) is 7.37. The predicted molar refractivity (Wildman–Crippen MR) is 79.2 cm³/mol. The summed E-state index contributed by atoms with van der Waals surface area (Å²) in [5.74, 6) is -3.21. The molecule has 1 aromatic rings. The van der Waals surface area contributed by atoms with E-state index in [1.165, 1.54) is 0 Å². The second-order valence-electron chi connectivity index (χ2n) is 7.28. The van der Waals surface area contributed by atoms with E-state index in [-0.39, 0.29) is 6.42 Å². The fourth-order valence-electron chi connectivity index (χ4n) is 2.73. The van der Waals surface area contributed by atoms with E-state index in [0.717, 1.165) is 11.0 Å². The molecule has 2 fully saturated rings. The van der Waals surface area contributed by atoms with Crippen LogP contribution in [0.5, 0.6) is 0 Å². The minimum atomic E-state index is -2.55. The van der Waals surface area contributed by atoms with E-state index in [4.69, 9.17) is 9.31 Å². The first-order valence-corrected chi connectivity index (χ1v) is 7.37. The topological polar surface area (TPSA) is 18.5 Å². The standard InChI is InChI=1S/C16H21BF2O2/c1-10-6-11(13-9-16(13,18)19)8-12(7-10)17-20-14(2,3)15(4,5)21-17/h6-8,13H,9H2,1-5H3. The van der Waals surface area contributed by atoms with Crippen molar-refractivity contribution in [1.29, 1.82) is 0 Å². The molecule has 2 aliphatic rings. The number of hydrogen-bond donors (Lipinski definition) is 0. The van der Waals surface area contributed by atoms with Gasteiger partial charge < -0.3 is 9.31 Å². The Morgan fingerprint density at radius 1 is 1.05 bits per heavy atom. The van der Waals surface area contributed by atoms with Gasteiger partial charge in [0, 0.05) is 6.42 Å². The highest BCUT2D eigenvalue weighted by molar-refractivity contribution is 6.62. The molecule has 5 heteroatoms. The molecule has 1 saturated heterocycles. The molecule has 0 radical (unpaired) electrons. The van der Waals surface area contributed by atoms with Crippen molar-refractivity contribution in [3.63, 3.8) is 0 Å². The van der Waals surface area contributed by atoms with Crippen LogP contribution in [0.2, 0.25) is 0 Å². The summed E-state index contributed by atoms with van der Waals surface area (Å²) < 4.78 is 38.6. The zero-order chi connectivity index (χ0) is 15.6. The lowest BCUT2D eigenvalue weighted by molar-refractivity contribution is 0.00578. The maximum absolute atomic E-state index is 13.3. The van der Waals surface area contributed by atoms with Crippen LogP contribution in [-0.2, 0) is 9.31 Å². The molecule has 0 bridgehead atoms. The summed E-state index contributed by atoms with van der Waals surface area (Å²) in [5, 5.41) is 0. The minimum Gasteiger partial charge on any atom is -0.399 e. The quantitative estimate of drug-likeness (QED) is 0.778. The molecule has 21 heavy (non-hydrogen) atoms. The molecule has 114 valence electrons. The normalized spacial score (nSPS) is 28.7. The predicted octanol–water partition coefficient (Wildman–Crippen LogP) is 3.42. The number of alkyl halides is 2. The average molecular weight is 294 g/mol. The highest BCUT2D eigenvalue weighted by atomic mass is 19.3. The van der Waals surface area contributed by atoms with Crippen molar-refractivity contribution in [2.24, 2.45) is 0 Å². The molecular weight excluding hydrogens is 273 g/mol. The van der Waals surface area contributed by atoms with Crippen LogP contribution in [0.1, 0.15) is 51.2 Å². The fourth-order valence-corrected chi connectivity index (χ4v) is 2.73. The van der Waals surface area contributed by atoms with Gasteiger partial charge >= 0.3 is 7.12 Å². The lowest BCUT2D eigenvalue weighted by atomic mass is 9.77. The molecule has 2 nitrogen and oxygen atoms in total. The number of rotatable bonds is 2. The Morgan fingerprint density at radius 2 is 1.57 bits per heavy atom. The Labute approximate surface area is 125 Å². The Balaban J connectivity index is 1.90. The molecule has 1 saturated carbocycles. The lowest BCUT2D eigenvalue weighted by Crippen LogP contribution is -2.41. The lowest BCUT2D eigenvalue weighted by Gasteiger charge is -2.32. The Hall–Kier alpha value is -0.935. The first kappa shape index (κ1) is 15.0. The number of halogens is 2. The van der Waals surface area contributed by atoms with E-state index in [9.17, 15) is 8.78 Å². The highest BCUT2D eigenvalue weighted by Gasteiger charge is 2.58. The van der Waals surface area contributed by atoms with Crippen LogP contribution in [-0.4, -0.2) is 24.2 Å². The summed E-state index contributed by atoms with van der Waals surface area (Å²) in [5.41, 5.74) is 1.62. The zero-order valence-corrected chi connectivity index (χ0v) is 13.2. The van der Waals surface area contributed by atoms with Gasteiger partial charge in [-0.05, 0) is 45.6 Å². The third-order valence-electron chi connectivity index (χ3n) is 4.88.